The van der Waals surface area contributed by atoms with Crippen LogP contribution in [0.5, 0.6) is 0 Å². The lowest BCUT2D eigenvalue weighted by Gasteiger charge is -2.36. The van der Waals surface area contributed by atoms with E-state index in [2.05, 4.69) is 29.2 Å². The molecule has 1 aromatic heterocycles. The molecule has 0 saturated carbocycles. The second kappa shape index (κ2) is 5.77. The molecule has 1 saturated heterocycles. The molecular weight excluding hydrogens is 248 g/mol. The molecule has 1 aliphatic heterocycles. The van der Waals surface area contributed by atoms with Gasteiger partial charge in [0, 0.05) is 24.5 Å². The van der Waals surface area contributed by atoms with Gasteiger partial charge in [-0.2, -0.15) is 0 Å². The van der Waals surface area contributed by atoms with Gasteiger partial charge in [0.25, 0.3) is 5.91 Å². The number of nitrogen functional groups attached to an aromatic ring is 1. The molecule has 2 heterocycles. The van der Waals surface area contributed by atoms with Crippen molar-refractivity contribution in [2.75, 3.05) is 6.54 Å². The first kappa shape index (κ1) is 13.5. The number of hydrogen-bond donors (Lipinski definition) is 2. The van der Waals surface area contributed by atoms with Crippen LogP contribution in [0.4, 0.5) is 0 Å². The van der Waals surface area contributed by atoms with Gasteiger partial charge in [-0.3, -0.25) is 15.1 Å². The van der Waals surface area contributed by atoms with Gasteiger partial charge in [-0.05, 0) is 25.7 Å². The largest absolute Gasteiger partial charge is 0.295 e. The Hall–Kier alpha value is -0.980. The number of carbonyl (C=O) groups is 1. The molecule has 1 fully saturated rings. The Morgan fingerprint density at radius 2 is 2.39 bits per heavy atom. The van der Waals surface area contributed by atoms with E-state index in [9.17, 15) is 4.79 Å². The van der Waals surface area contributed by atoms with Crippen LogP contribution in [0, 0.1) is 5.92 Å². The van der Waals surface area contributed by atoms with E-state index < -0.39 is 0 Å². The molecule has 1 amide bonds. The number of nitrogens with one attached hydrogen (secondary N) is 1. The number of amides is 1. The molecule has 2 unspecified atom stereocenters. The highest BCUT2D eigenvalue weighted by Gasteiger charge is 2.23. The van der Waals surface area contributed by atoms with Crippen LogP contribution in [0.1, 0.15) is 42.2 Å². The molecule has 0 spiro atoms. The van der Waals surface area contributed by atoms with Crippen LogP contribution in [0.25, 0.3) is 0 Å². The third kappa shape index (κ3) is 3.07. The predicted octanol–water partition coefficient (Wildman–Crippen LogP) is 1.37. The molecule has 2 rings (SSSR count). The van der Waals surface area contributed by atoms with E-state index in [-0.39, 0.29) is 5.91 Å². The molecule has 2 atom stereocenters. The Bertz CT molecular complexity index is 420. The average Bonchev–Trinajstić information content (AvgIpc) is 2.81. The molecule has 0 bridgehead atoms. The van der Waals surface area contributed by atoms with E-state index in [1.165, 1.54) is 24.2 Å². The molecule has 0 aliphatic carbocycles. The van der Waals surface area contributed by atoms with E-state index in [0.717, 1.165) is 24.7 Å². The second-order valence-corrected chi connectivity index (χ2v) is 5.94. The summed E-state index contributed by atoms with van der Waals surface area (Å²) in [4.78, 5) is 18.1. The van der Waals surface area contributed by atoms with Crippen LogP contribution < -0.4 is 11.3 Å². The number of nitrogens with two attached hydrogens (primary N) is 1. The molecule has 6 heteroatoms. The van der Waals surface area contributed by atoms with Crippen LogP contribution in [0.2, 0.25) is 0 Å². The Kier molecular flexibility index (Phi) is 4.31. The van der Waals surface area contributed by atoms with E-state index in [0.29, 0.717) is 11.0 Å². The summed E-state index contributed by atoms with van der Waals surface area (Å²) in [6.45, 7) is 6.47. The zero-order valence-electron chi connectivity index (χ0n) is 10.8. The predicted molar refractivity (Wildman–Crippen MR) is 72.0 cm³/mol. The molecular formula is C12H20N4OS. The summed E-state index contributed by atoms with van der Waals surface area (Å²) in [5.74, 6) is 5.52. The number of likely N-dealkylation sites (tertiary alicyclic amines) is 1. The van der Waals surface area contributed by atoms with Crippen molar-refractivity contribution in [1.82, 2.24) is 15.3 Å². The Morgan fingerprint density at radius 3 is 3.11 bits per heavy atom. The van der Waals surface area contributed by atoms with Crippen molar-refractivity contribution in [2.24, 2.45) is 11.8 Å². The standard InChI is InChI=1S/C12H20N4OS/c1-8-3-4-9(2)16(5-8)6-10-7-18-12(14-10)11(17)15-13/h7-9H,3-6,13H2,1-2H3,(H,15,17). The maximum atomic E-state index is 11.3. The first-order chi connectivity index (χ1) is 8.60. The number of hydrogen-bond acceptors (Lipinski definition) is 5. The van der Waals surface area contributed by atoms with Gasteiger partial charge in [0.2, 0.25) is 0 Å². The third-order valence-corrected chi connectivity index (χ3v) is 4.38. The summed E-state index contributed by atoms with van der Waals surface area (Å²) in [5, 5.41) is 2.38. The van der Waals surface area contributed by atoms with Crippen LogP contribution in [-0.4, -0.2) is 28.4 Å². The maximum absolute atomic E-state index is 11.3. The fourth-order valence-electron chi connectivity index (χ4n) is 2.35. The summed E-state index contributed by atoms with van der Waals surface area (Å²) in [6.07, 6.45) is 2.54. The van der Waals surface area contributed by atoms with E-state index in [4.69, 9.17) is 5.84 Å². The van der Waals surface area contributed by atoms with Crippen molar-refractivity contribution in [2.45, 2.75) is 39.3 Å². The summed E-state index contributed by atoms with van der Waals surface area (Å²) in [5.41, 5.74) is 3.07. The Balaban J connectivity index is 2.00. The highest BCUT2D eigenvalue weighted by molar-refractivity contribution is 7.11. The highest BCUT2D eigenvalue weighted by Crippen LogP contribution is 2.23. The van der Waals surface area contributed by atoms with Gasteiger partial charge in [0.15, 0.2) is 5.01 Å². The number of piperidine rings is 1. The number of thiazole rings is 1. The van der Waals surface area contributed by atoms with Crippen molar-refractivity contribution >= 4 is 17.2 Å². The van der Waals surface area contributed by atoms with Crippen LogP contribution in [-0.2, 0) is 6.54 Å². The topological polar surface area (TPSA) is 71.2 Å². The summed E-state index contributed by atoms with van der Waals surface area (Å²) in [7, 11) is 0. The van der Waals surface area contributed by atoms with Gasteiger partial charge in [0.1, 0.15) is 0 Å². The Morgan fingerprint density at radius 1 is 1.61 bits per heavy atom. The molecule has 1 aliphatic rings. The summed E-state index contributed by atoms with van der Waals surface area (Å²) < 4.78 is 0. The third-order valence-electron chi connectivity index (χ3n) is 3.49. The SMILES string of the molecule is CC1CCC(C)N(Cc2csc(C(=O)NN)n2)C1. The normalized spacial score (nSPS) is 25.1. The summed E-state index contributed by atoms with van der Waals surface area (Å²) in [6, 6.07) is 0.592. The quantitative estimate of drug-likeness (QED) is 0.493. The van der Waals surface area contributed by atoms with E-state index in [1.807, 2.05) is 5.38 Å². The number of aromatic nitrogens is 1. The van der Waals surface area contributed by atoms with Crippen molar-refractivity contribution in [3.05, 3.63) is 16.1 Å². The van der Waals surface area contributed by atoms with E-state index in [1.54, 1.807) is 0 Å². The fourth-order valence-corrected chi connectivity index (χ4v) is 3.06. The van der Waals surface area contributed by atoms with Crippen molar-refractivity contribution in [1.29, 1.82) is 0 Å². The van der Waals surface area contributed by atoms with Gasteiger partial charge in [-0.15, -0.1) is 11.3 Å². The minimum atomic E-state index is -0.314. The molecule has 0 radical (unpaired) electrons. The lowest BCUT2D eigenvalue weighted by Crippen LogP contribution is -2.40. The molecule has 100 valence electrons. The van der Waals surface area contributed by atoms with Crippen LogP contribution in [0.15, 0.2) is 5.38 Å². The number of nitrogens with zero attached hydrogens (tertiary/aromatic N) is 2. The monoisotopic (exact) mass is 268 g/mol. The Labute approximate surface area is 111 Å². The number of rotatable bonds is 3. The minimum Gasteiger partial charge on any atom is -0.295 e. The van der Waals surface area contributed by atoms with Gasteiger partial charge in [-0.1, -0.05) is 6.92 Å². The van der Waals surface area contributed by atoms with Crippen molar-refractivity contribution < 1.29 is 4.79 Å². The molecule has 1 aromatic rings. The fraction of sp³-hybridized carbons (Fsp3) is 0.667. The number of hydrazine groups is 1. The van der Waals surface area contributed by atoms with Gasteiger partial charge in [0.05, 0.1) is 5.69 Å². The van der Waals surface area contributed by atoms with Crippen molar-refractivity contribution in [3.63, 3.8) is 0 Å². The van der Waals surface area contributed by atoms with E-state index >= 15 is 0 Å². The molecule has 18 heavy (non-hydrogen) atoms. The lowest BCUT2D eigenvalue weighted by atomic mass is 9.95. The van der Waals surface area contributed by atoms with Crippen LogP contribution in [0.3, 0.4) is 0 Å². The van der Waals surface area contributed by atoms with Gasteiger partial charge >= 0.3 is 0 Å². The van der Waals surface area contributed by atoms with Crippen LogP contribution >= 0.6 is 11.3 Å². The number of carbonyl (C=O) groups excluding carboxylic acids is 1. The zero-order valence-corrected chi connectivity index (χ0v) is 11.7. The lowest BCUT2D eigenvalue weighted by molar-refractivity contribution is 0.0951. The minimum absolute atomic E-state index is 0.314. The highest BCUT2D eigenvalue weighted by atomic mass is 32.1. The smallest absolute Gasteiger partial charge is 0.294 e. The molecule has 3 N–H and O–H groups in total. The van der Waals surface area contributed by atoms with Gasteiger partial charge < -0.3 is 0 Å². The zero-order chi connectivity index (χ0) is 13.1. The maximum Gasteiger partial charge on any atom is 0.294 e. The average molecular weight is 268 g/mol. The van der Waals surface area contributed by atoms with Gasteiger partial charge in [-0.25, -0.2) is 10.8 Å². The molecule has 5 nitrogen and oxygen atoms in total. The first-order valence-electron chi connectivity index (χ1n) is 6.29. The second-order valence-electron chi connectivity index (χ2n) is 5.08. The van der Waals surface area contributed by atoms with Crippen molar-refractivity contribution in [3.8, 4) is 0 Å². The summed E-state index contributed by atoms with van der Waals surface area (Å²) >= 11 is 1.34. The molecule has 0 aromatic carbocycles. The first-order valence-corrected chi connectivity index (χ1v) is 7.17.